The maximum absolute atomic E-state index is 4.95. The number of hydrogen-bond acceptors (Lipinski definition) is 2. The SMILES string of the molecule is [CH2-]C(OCC)OCC.[Zn+][Br]. The second-order valence-electron chi connectivity index (χ2n) is 1.34. The summed E-state index contributed by atoms with van der Waals surface area (Å²) < 4.78 is 9.90. The topological polar surface area (TPSA) is 18.5 Å². The van der Waals surface area contributed by atoms with Gasteiger partial charge in [0.15, 0.2) is 0 Å². The summed E-state index contributed by atoms with van der Waals surface area (Å²) in [7, 11) is 0. The van der Waals surface area contributed by atoms with Gasteiger partial charge in [-0.3, -0.25) is 6.92 Å². The quantitative estimate of drug-likeness (QED) is 0.439. The third kappa shape index (κ3) is 11.8. The molecule has 0 radical (unpaired) electrons. The van der Waals surface area contributed by atoms with Gasteiger partial charge >= 0.3 is 30.0 Å². The zero-order valence-electron chi connectivity index (χ0n) is 6.60. The van der Waals surface area contributed by atoms with Crippen LogP contribution in [0, 0.1) is 6.92 Å². The standard InChI is InChI=1S/C6H13O2.BrH.Zn/c1-4-7-6(3)8-5-2;;/h6H,3-5H2,1-2H3;1H;/q-1;;+2/p-1. The van der Waals surface area contributed by atoms with Gasteiger partial charge in [-0.05, 0) is 13.8 Å². The first-order chi connectivity index (χ1) is 4.81. The molecule has 0 spiro atoms. The van der Waals surface area contributed by atoms with Crippen LogP contribution in [0.4, 0.5) is 0 Å². The number of rotatable bonds is 4. The first-order valence-electron chi connectivity index (χ1n) is 3.14. The summed E-state index contributed by atoms with van der Waals surface area (Å²) in [4.78, 5) is 0. The molecule has 0 heterocycles. The summed E-state index contributed by atoms with van der Waals surface area (Å²) >= 11 is 4.25. The minimum absolute atomic E-state index is 0.287. The van der Waals surface area contributed by atoms with E-state index in [-0.39, 0.29) is 6.29 Å². The van der Waals surface area contributed by atoms with Gasteiger partial charge in [0.1, 0.15) is 0 Å². The molecule has 0 rings (SSSR count). The van der Waals surface area contributed by atoms with E-state index in [0.29, 0.717) is 13.2 Å². The average molecular weight is 262 g/mol. The minimum atomic E-state index is -0.287. The van der Waals surface area contributed by atoms with E-state index in [2.05, 4.69) is 20.5 Å². The van der Waals surface area contributed by atoms with Crippen molar-refractivity contribution in [1.29, 1.82) is 0 Å². The van der Waals surface area contributed by atoms with Gasteiger partial charge in [-0.2, -0.15) is 0 Å². The summed E-state index contributed by atoms with van der Waals surface area (Å²) in [6.07, 6.45) is -0.287. The van der Waals surface area contributed by atoms with Crippen molar-refractivity contribution in [2.24, 2.45) is 0 Å². The van der Waals surface area contributed by atoms with Crippen molar-refractivity contribution in [3.8, 4) is 0 Å². The molecule has 0 saturated heterocycles. The summed E-state index contributed by atoms with van der Waals surface area (Å²) in [6.45, 7) is 8.72. The van der Waals surface area contributed by atoms with E-state index in [9.17, 15) is 0 Å². The second-order valence-corrected chi connectivity index (χ2v) is 1.34. The van der Waals surface area contributed by atoms with E-state index in [1.165, 1.54) is 16.3 Å². The van der Waals surface area contributed by atoms with E-state index in [1.54, 1.807) is 0 Å². The van der Waals surface area contributed by atoms with Crippen molar-refractivity contribution >= 4 is 13.6 Å². The van der Waals surface area contributed by atoms with Crippen LogP contribution in [-0.2, 0) is 25.8 Å². The number of ether oxygens (including phenoxy) is 2. The van der Waals surface area contributed by atoms with Gasteiger partial charge < -0.3 is 9.47 Å². The Morgan fingerprint density at radius 2 is 1.60 bits per heavy atom. The zero-order chi connectivity index (χ0) is 8.41. The van der Waals surface area contributed by atoms with Gasteiger partial charge in [0.2, 0.25) is 0 Å². The fraction of sp³-hybridized carbons (Fsp3) is 0.833. The Morgan fingerprint density at radius 1 is 1.30 bits per heavy atom. The fourth-order valence-corrected chi connectivity index (χ4v) is 0.420. The fourth-order valence-electron chi connectivity index (χ4n) is 0.420. The molecule has 2 nitrogen and oxygen atoms in total. The van der Waals surface area contributed by atoms with Crippen LogP contribution in [-0.4, -0.2) is 19.5 Å². The first-order valence-corrected chi connectivity index (χ1v) is 10.1. The van der Waals surface area contributed by atoms with E-state index in [4.69, 9.17) is 9.47 Å². The van der Waals surface area contributed by atoms with Crippen LogP contribution in [0.25, 0.3) is 0 Å². The second kappa shape index (κ2) is 12.7. The zero-order valence-corrected chi connectivity index (χ0v) is 11.2. The van der Waals surface area contributed by atoms with Crippen LogP contribution in [0.3, 0.4) is 0 Å². The Bertz CT molecular complexity index is 49.0. The average Bonchev–Trinajstić information content (AvgIpc) is 1.93. The van der Waals surface area contributed by atoms with Crippen LogP contribution >= 0.6 is 13.6 Å². The van der Waals surface area contributed by atoms with Gasteiger partial charge in [-0.1, -0.05) is 0 Å². The van der Waals surface area contributed by atoms with Crippen molar-refractivity contribution in [2.75, 3.05) is 13.2 Å². The Labute approximate surface area is 79.7 Å². The molecule has 4 heteroatoms. The van der Waals surface area contributed by atoms with E-state index in [0.717, 1.165) is 0 Å². The molecule has 0 aromatic carbocycles. The molecule has 58 valence electrons. The molecular formula is C6H13BrO2Zn. The van der Waals surface area contributed by atoms with Crippen LogP contribution in [0.15, 0.2) is 0 Å². The molecule has 0 atom stereocenters. The Balaban J connectivity index is 0. The van der Waals surface area contributed by atoms with Crippen molar-refractivity contribution in [3.63, 3.8) is 0 Å². The van der Waals surface area contributed by atoms with Gasteiger partial charge in [0.05, 0.1) is 0 Å². The molecule has 10 heavy (non-hydrogen) atoms. The Hall–Kier alpha value is 1.02. The van der Waals surface area contributed by atoms with Crippen LogP contribution in [0.1, 0.15) is 13.8 Å². The molecular weight excluding hydrogens is 249 g/mol. The molecule has 0 aromatic heterocycles. The Morgan fingerprint density at radius 3 is 1.80 bits per heavy atom. The van der Waals surface area contributed by atoms with E-state index >= 15 is 0 Å². The van der Waals surface area contributed by atoms with Crippen molar-refractivity contribution in [3.05, 3.63) is 6.92 Å². The molecule has 0 N–H and O–H groups in total. The van der Waals surface area contributed by atoms with Crippen molar-refractivity contribution in [1.82, 2.24) is 0 Å². The van der Waals surface area contributed by atoms with Crippen molar-refractivity contribution < 1.29 is 25.8 Å². The first kappa shape index (κ1) is 13.6. The van der Waals surface area contributed by atoms with E-state index < -0.39 is 0 Å². The molecule has 0 unspecified atom stereocenters. The molecule has 0 aliphatic carbocycles. The number of halogens is 1. The van der Waals surface area contributed by atoms with E-state index in [1.807, 2.05) is 13.8 Å². The predicted octanol–water partition coefficient (Wildman–Crippen LogP) is 2.06. The van der Waals surface area contributed by atoms with Gasteiger partial charge in [-0.25, -0.2) is 0 Å². The molecule has 0 aromatic rings. The van der Waals surface area contributed by atoms with Crippen LogP contribution in [0.2, 0.25) is 0 Å². The van der Waals surface area contributed by atoms with Gasteiger partial charge in [-0.15, -0.1) is 0 Å². The third-order valence-corrected chi connectivity index (χ3v) is 0.705. The van der Waals surface area contributed by atoms with Gasteiger partial charge in [0, 0.05) is 19.5 Å². The molecule has 0 aliphatic rings. The summed E-state index contributed by atoms with van der Waals surface area (Å²) in [5.74, 6) is 0. The normalized spacial score (nSPS) is 9.10. The van der Waals surface area contributed by atoms with Gasteiger partial charge in [0.25, 0.3) is 0 Å². The van der Waals surface area contributed by atoms with Crippen LogP contribution < -0.4 is 0 Å². The molecule has 0 bridgehead atoms. The molecule has 0 aliphatic heterocycles. The van der Waals surface area contributed by atoms with Crippen molar-refractivity contribution in [2.45, 2.75) is 20.1 Å². The third-order valence-electron chi connectivity index (χ3n) is 0.705. The monoisotopic (exact) mass is 260 g/mol. The molecule has 0 amide bonds. The Kier molecular flexibility index (Phi) is 17.2. The van der Waals surface area contributed by atoms with Crippen LogP contribution in [0.5, 0.6) is 0 Å². The predicted molar refractivity (Wildman–Crippen MR) is 41.3 cm³/mol. The summed E-state index contributed by atoms with van der Waals surface area (Å²) in [6, 6.07) is 0. The molecule has 0 fully saturated rings. The number of hydrogen-bond donors (Lipinski definition) is 0. The molecule has 0 saturated carbocycles. The maximum atomic E-state index is 4.95. The summed E-state index contributed by atoms with van der Waals surface area (Å²) in [5, 5.41) is 0. The summed E-state index contributed by atoms with van der Waals surface area (Å²) in [5.41, 5.74) is 0.